The van der Waals surface area contributed by atoms with Crippen LogP contribution in [-0.4, -0.2) is 20.1 Å². The summed E-state index contributed by atoms with van der Waals surface area (Å²) in [6.45, 7) is 6.25. The van der Waals surface area contributed by atoms with Crippen molar-refractivity contribution in [1.29, 1.82) is 0 Å². The highest BCUT2D eigenvalue weighted by atomic mass is 16.5. The molecule has 0 radical (unpaired) electrons. The molecule has 2 aromatic rings. The Balaban J connectivity index is 1.78. The Bertz CT molecular complexity index is 681. The van der Waals surface area contributed by atoms with Crippen LogP contribution in [0.2, 0.25) is 0 Å². The lowest BCUT2D eigenvalue weighted by Gasteiger charge is -2.20. The van der Waals surface area contributed by atoms with Crippen LogP contribution in [0.5, 0.6) is 0 Å². The Labute approximate surface area is 136 Å². The topological polar surface area (TPSA) is 103 Å². The van der Waals surface area contributed by atoms with Crippen LogP contribution in [0.25, 0.3) is 0 Å². The third-order valence-corrected chi connectivity index (χ3v) is 4.00. The standard InChI is InChI=1S/C16H24N6O/c1-9(2)8-13-20-15(23-22-13)10(3)18-14-11-6-4-5-7-12(11)19-16(17)21-14/h9-10H,4-8H2,1-3H3,(H3,17,18,19,21). The van der Waals surface area contributed by atoms with E-state index in [-0.39, 0.29) is 6.04 Å². The molecule has 23 heavy (non-hydrogen) atoms. The van der Waals surface area contributed by atoms with Crippen molar-refractivity contribution < 1.29 is 4.52 Å². The van der Waals surface area contributed by atoms with Crippen molar-refractivity contribution >= 4 is 11.8 Å². The first kappa shape index (κ1) is 15.7. The van der Waals surface area contributed by atoms with Crippen molar-refractivity contribution in [2.24, 2.45) is 5.92 Å². The normalized spacial score (nSPS) is 15.5. The van der Waals surface area contributed by atoms with Gasteiger partial charge in [0.05, 0.1) is 5.69 Å². The molecule has 0 saturated heterocycles. The summed E-state index contributed by atoms with van der Waals surface area (Å²) in [6.07, 6.45) is 5.06. The van der Waals surface area contributed by atoms with Crippen LogP contribution in [0.1, 0.15) is 62.6 Å². The van der Waals surface area contributed by atoms with Crippen LogP contribution in [-0.2, 0) is 19.3 Å². The van der Waals surface area contributed by atoms with E-state index >= 15 is 0 Å². The molecule has 7 nitrogen and oxygen atoms in total. The van der Waals surface area contributed by atoms with Gasteiger partial charge in [0.2, 0.25) is 11.8 Å². The van der Waals surface area contributed by atoms with Gasteiger partial charge in [-0.1, -0.05) is 19.0 Å². The number of nitrogens with one attached hydrogen (secondary N) is 1. The van der Waals surface area contributed by atoms with Crippen molar-refractivity contribution in [2.75, 3.05) is 11.1 Å². The molecule has 1 unspecified atom stereocenters. The second-order valence-electron chi connectivity index (χ2n) is 6.58. The maximum atomic E-state index is 5.84. The molecule has 0 saturated carbocycles. The number of rotatable bonds is 5. The molecule has 124 valence electrons. The van der Waals surface area contributed by atoms with Gasteiger partial charge in [-0.05, 0) is 38.5 Å². The first-order valence-electron chi connectivity index (χ1n) is 8.27. The molecule has 3 rings (SSSR count). The summed E-state index contributed by atoms with van der Waals surface area (Å²) in [5.74, 6) is 2.92. The minimum absolute atomic E-state index is 0.122. The van der Waals surface area contributed by atoms with Gasteiger partial charge in [-0.3, -0.25) is 0 Å². The average molecular weight is 316 g/mol. The Hall–Kier alpha value is -2.18. The Kier molecular flexibility index (Phi) is 4.45. The second kappa shape index (κ2) is 6.52. The highest BCUT2D eigenvalue weighted by Crippen LogP contribution is 2.28. The van der Waals surface area contributed by atoms with E-state index in [2.05, 4.69) is 39.3 Å². The monoisotopic (exact) mass is 316 g/mol. The predicted molar refractivity (Wildman–Crippen MR) is 88.0 cm³/mol. The molecule has 0 aliphatic heterocycles. The van der Waals surface area contributed by atoms with Gasteiger partial charge in [0.1, 0.15) is 11.9 Å². The number of aromatic nitrogens is 4. The van der Waals surface area contributed by atoms with Crippen molar-refractivity contribution in [3.05, 3.63) is 23.0 Å². The smallest absolute Gasteiger partial charge is 0.248 e. The summed E-state index contributed by atoms with van der Waals surface area (Å²) in [6, 6.07) is -0.122. The number of nitrogens with two attached hydrogens (primary N) is 1. The third-order valence-electron chi connectivity index (χ3n) is 4.00. The molecule has 0 bridgehead atoms. The molecule has 1 aliphatic carbocycles. The molecule has 0 aromatic carbocycles. The molecule has 0 amide bonds. The van der Waals surface area contributed by atoms with E-state index in [1.54, 1.807) is 0 Å². The molecule has 0 spiro atoms. The number of anilines is 2. The minimum Gasteiger partial charge on any atom is -0.368 e. The summed E-state index contributed by atoms with van der Waals surface area (Å²) in [7, 11) is 0. The van der Waals surface area contributed by atoms with Gasteiger partial charge >= 0.3 is 0 Å². The fourth-order valence-electron chi connectivity index (χ4n) is 2.89. The van der Waals surface area contributed by atoms with Crippen molar-refractivity contribution in [3.8, 4) is 0 Å². The van der Waals surface area contributed by atoms with Crippen molar-refractivity contribution in [3.63, 3.8) is 0 Å². The van der Waals surface area contributed by atoms with E-state index in [1.165, 1.54) is 5.56 Å². The fraction of sp³-hybridized carbons (Fsp3) is 0.625. The first-order chi connectivity index (χ1) is 11.0. The molecule has 3 N–H and O–H groups in total. The highest BCUT2D eigenvalue weighted by Gasteiger charge is 2.21. The largest absolute Gasteiger partial charge is 0.368 e. The Morgan fingerprint density at radius 3 is 2.70 bits per heavy atom. The lowest BCUT2D eigenvalue weighted by molar-refractivity contribution is 0.360. The van der Waals surface area contributed by atoms with Gasteiger partial charge in [-0.15, -0.1) is 0 Å². The van der Waals surface area contributed by atoms with Gasteiger partial charge in [0.15, 0.2) is 5.82 Å². The number of hydrogen-bond acceptors (Lipinski definition) is 7. The summed E-state index contributed by atoms with van der Waals surface area (Å²) in [5.41, 5.74) is 8.07. The predicted octanol–water partition coefficient (Wildman–Crippen LogP) is 2.69. The fourth-order valence-corrected chi connectivity index (χ4v) is 2.89. The quantitative estimate of drug-likeness (QED) is 0.874. The van der Waals surface area contributed by atoms with Gasteiger partial charge in [0.25, 0.3) is 0 Å². The average Bonchev–Trinajstić information content (AvgIpc) is 2.95. The maximum absolute atomic E-state index is 5.84. The summed E-state index contributed by atoms with van der Waals surface area (Å²) >= 11 is 0. The molecular formula is C16H24N6O. The van der Waals surface area contributed by atoms with E-state index in [0.717, 1.165) is 49.4 Å². The minimum atomic E-state index is -0.122. The number of nitrogen functional groups attached to an aromatic ring is 1. The molecule has 1 atom stereocenters. The van der Waals surface area contributed by atoms with E-state index in [0.29, 0.717) is 17.8 Å². The third kappa shape index (κ3) is 3.60. The number of fused-ring (bicyclic) bond motifs is 1. The molecule has 2 aromatic heterocycles. The zero-order chi connectivity index (χ0) is 16.4. The first-order valence-corrected chi connectivity index (χ1v) is 8.27. The van der Waals surface area contributed by atoms with Gasteiger partial charge in [-0.2, -0.15) is 9.97 Å². The summed E-state index contributed by atoms with van der Waals surface area (Å²) in [4.78, 5) is 13.2. The molecule has 7 heteroatoms. The van der Waals surface area contributed by atoms with Gasteiger partial charge < -0.3 is 15.6 Å². The SMILES string of the molecule is CC(C)Cc1noc(C(C)Nc2nc(N)nc3c2CCCC3)n1. The van der Waals surface area contributed by atoms with E-state index in [1.807, 2.05) is 6.92 Å². The van der Waals surface area contributed by atoms with Crippen LogP contribution in [0.15, 0.2) is 4.52 Å². The van der Waals surface area contributed by atoms with Crippen LogP contribution < -0.4 is 11.1 Å². The summed E-state index contributed by atoms with van der Waals surface area (Å²) in [5, 5.41) is 7.41. The Morgan fingerprint density at radius 1 is 1.13 bits per heavy atom. The Morgan fingerprint density at radius 2 is 1.91 bits per heavy atom. The van der Waals surface area contributed by atoms with Gasteiger partial charge in [0, 0.05) is 12.0 Å². The van der Waals surface area contributed by atoms with Gasteiger partial charge in [-0.25, -0.2) is 4.98 Å². The lowest BCUT2D eigenvalue weighted by Crippen LogP contribution is -2.16. The number of aryl methyl sites for hydroxylation is 1. The lowest BCUT2D eigenvalue weighted by atomic mass is 9.96. The van der Waals surface area contributed by atoms with E-state index < -0.39 is 0 Å². The van der Waals surface area contributed by atoms with Crippen LogP contribution in [0, 0.1) is 5.92 Å². The van der Waals surface area contributed by atoms with Crippen LogP contribution in [0.4, 0.5) is 11.8 Å². The maximum Gasteiger partial charge on any atom is 0.248 e. The van der Waals surface area contributed by atoms with Crippen LogP contribution in [0.3, 0.4) is 0 Å². The van der Waals surface area contributed by atoms with E-state index in [4.69, 9.17) is 10.3 Å². The highest BCUT2D eigenvalue weighted by molar-refractivity contribution is 5.51. The van der Waals surface area contributed by atoms with E-state index in [9.17, 15) is 0 Å². The zero-order valence-corrected chi connectivity index (χ0v) is 14.0. The molecule has 0 fully saturated rings. The second-order valence-corrected chi connectivity index (χ2v) is 6.58. The molecule has 1 aliphatic rings. The van der Waals surface area contributed by atoms with Crippen molar-refractivity contribution in [1.82, 2.24) is 20.1 Å². The molecular weight excluding hydrogens is 292 g/mol. The van der Waals surface area contributed by atoms with Crippen LogP contribution >= 0.6 is 0 Å². The van der Waals surface area contributed by atoms with Crippen molar-refractivity contribution in [2.45, 2.75) is 58.9 Å². The summed E-state index contributed by atoms with van der Waals surface area (Å²) < 4.78 is 5.38. The number of nitrogens with zero attached hydrogens (tertiary/aromatic N) is 4. The molecule has 2 heterocycles. The zero-order valence-electron chi connectivity index (χ0n) is 14.0. The number of hydrogen-bond donors (Lipinski definition) is 2.